The number of esters is 1. The molecule has 5 nitrogen and oxygen atoms in total. The molecule has 122 valence electrons. The van der Waals surface area contributed by atoms with Gasteiger partial charge in [0.15, 0.2) is 0 Å². The fourth-order valence-corrected chi connectivity index (χ4v) is 1.98. The lowest BCUT2D eigenvalue weighted by molar-refractivity contribution is -0.142. The van der Waals surface area contributed by atoms with E-state index in [1.165, 1.54) is 25.7 Å². The molecule has 0 aliphatic rings. The van der Waals surface area contributed by atoms with Gasteiger partial charge in [-0.25, -0.2) is 0 Å². The second kappa shape index (κ2) is 15.0. The first kappa shape index (κ1) is 19.6. The third kappa shape index (κ3) is 14.9. The van der Waals surface area contributed by atoms with Crippen molar-refractivity contribution in [2.24, 2.45) is 5.73 Å². The quantitative estimate of drug-likeness (QED) is 0.293. The Bertz CT molecular complexity index is 293. The van der Waals surface area contributed by atoms with E-state index in [0.717, 1.165) is 32.2 Å². The Morgan fingerprint density at radius 3 is 2.14 bits per heavy atom. The number of hydrogen-bond donors (Lipinski definition) is 2. The summed E-state index contributed by atoms with van der Waals surface area (Å²) in [6.07, 6.45) is 11.0. The summed E-state index contributed by atoms with van der Waals surface area (Å²) < 4.78 is 4.90. The van der Waals surface area contributed by atoms with Gasteiger partial charge in [-0.15, -0.1) is 0 Å². The molecule has 0 saturated heterocycles. The van der Waals surface area contributed by atoms with Crippen LogP contribution in [0.4, 0.5) is 0 Å². The average Bonchev–Trinajstić information content (AvgIpc) is 2.50. The highest BCUT2D eigenvalue weighted by molar-refractivity contribution is 5.77. The summed E-state index contributed by atoms with van der Waals surface area (Å²) in [5, 5.41) is 2.76. The van der Waals surface area contributed by atoms with Crippen LogP contribution in [0.2, 0.25) is 0 Å². The zero-order valence-electron chi connectivity index (χ0n) is 13.1. The summed E-state index contributed by atoms with van der Waals surface area (Å²) in [6, 6.07) is 0. The molecule has 0 saturated carbocycles. The van der Waals surface area contributed by atoms with Crippen LogP contribution in [0.25, 0.3) is 0 Å². The van der Waals surface area contributed by atoms with Crippen LogP contribution in [0.1, 0.15) is 57.8 Å². The van der Waals surface area contributed by atoms with Crippen LogP contribution in [0.3, 0.4) is 0 Å². The van der Waals surface area contributed by atoms with Crippen LogP contribution in [-0.4, -0.2) is 31.6 Å². The maximum atomic E-state index is 11.2. The van der Waals surface area contributed by atoms with Crippen molar-refractivity contribution in [1.82, 2.24) is 5.32 Å². The van der Waals surface area contributed by atoms with Crippen molar-refractivity contribution in [3.8, 4) is 0 Å². The Hall–Kier alpha value is -1.36. The molecular formula is C16H30N2O3. The lowest BCUT2D eigenvalue weighted by atomic mass is 10.1. The van der Waals surface area contributed by atoms with E-state index in [4.69, 9.17) is 10.5 Å². The van der Waals surface area contributed by atoms with Crippen LogP contribution >= 0.6 is 0 Å². The number of ether oxygens (including phenoxy) is 1. The van der Waals surface area contributed by atoms with Gasteiger partial charge in [-0.2, -0.15) is 0 Å². The van der Waals surface area contributed by atoms with Crippen molar-refractivity contribution in [2.75, 3.05) is 19.7 Å². The standard InChI is InChI=1S/C16H30N2O3/c1-2-13-21-16(20)11-9-7-5-3-4-6-8-10-12-18-15(19)14-17/h2H,1,3-14,17H2,(H,18,19). The second-order valence-corrected chi connectivity index (χ2v) is 5.10. The summed E-state index contributed by atoms with van der Waals surface area (Å²) in [5.41, 5.74) is 5.19. The largest absolute Gasteiger partial charge is 0.461 e. The van der Waals surface area contributed by atoms with E-state index in [1.807, 2.05) is 0 Å². The smallest absolute Gasteiger partial charge is 0.306 e. The molecule has 0 atom stereocenters. The van der Waals surface area contributed by atoms with Crippen molar-refractivity contribution >= 4 is 11.9 Å². The van der Waals surface area contributed by atoms with Crippen molar-refractivity contribution in [2.45, 2.75) is 57.8 Å². The summed E-state index contributed by atoms with van der Waals surface area (Å²) in [5.74, 6) is -0.212. The van der Waals surface area contributed by atoms with Crippen LogP contribution in [0, 0.1) is 0 Å². The molecule has 0 spiro atoms. The lowest BCUT2D eigenvalue weighted by Gasteiger charge is -2.04. The number of unbranched alkanes of at least 4 members (excludes halogenated alkanes) is 7. The number of nitrogens with one attached hydrogen (secondary N) is 1. The maximum Gasteiger partial charge on any atom is 0.306 e. The Kier molecular flexibility index (Phi) is 14.1. The van der Waals surface area contributed by atoms with E-state index in [9.17, 15) is 9.59 Å². The number of nitrogens with two attached hydrogens (primary N) is 1. The molecule has 0 rings (SSSR count). The molecule has 1 amide bonds. The van der Waals surface area contributed by atoms with Crippen LogP contribution < -0.4 is 11.1 Å². The van der Waals surface area contributed by atoms with Crippen molar-refractivity contribution < 1.29 is 14.3 Å². The highest BCUT2D eigenvalue weighted by Crippen LogP contribution is 2.09. The fraction of sp³-hybridized carbons (Fsp3) is 0.750. The van der Waals surface area contributed by atoms with Gasteiger partial charge < -0.3 is 15.8 Å². The first-order valence-corrected chi connectivity index (χ1v) is 7.94. The van der Waals surface area contributed by atoms with Gasteiger partial charge in [0.05, 0.1) is 6.54 Å². The van der Waals surface area contributed by atoms with Crippen LogP contribution in [-0.2, 0) is 14.3 Å². The molecule has 0 aliphatic carbocycles. The molecule has 0 aromatic heterocycles. The van der Waals surface area contributed by atoms with Gasteiger partial charge in [-0.1, -0.05) is 51.2 Å². The fourth-order valence-electron chi connectivity index (χ4n) is 1.98. The van der Waals surface area contributed by atoms with Crippen molar-refractivity contribution in [3.63, 3.8) is 0 Å². The highest BCUT2D eigenvalue weighted by Gasteiger charge is 2.01. The van der Waals surface area contributed by atoms with Crippen LogP contribution in [0.5, 0.6) is 0 Å². The van der Waals surface area contributed by atoms with Crippen LogP contribution in [0.15, 0.2) is 12.7 Å². The first-order chi connectivity index (χ1) is 10.2. The summed E-state index contributed by atoms with van der Waals surface area (Å²) in [7, 11) is 0. The lowest BCUT2D eigenvalue weighted by Crippen LogP contribution is -2.30. The zero-order valence-corrected chi connectivity index (χ0v) is 13.1. The minimum absolute atomic E-state index is 0.0706. The predicted octanol–water partition coefficient (Wildman–Crippen LogP) is 2.30. The molecule has 0 radical (unpaired) electrons. The third-order valence-electron chi connectivity index (χ3n) is 3.18. The number of rotatable bonds is 14. The molecule has 5 heteroatoms. The summed E-state index contributed by atoms with van der Waals surface area (Å²) in [6.45, 7) is 4.60. The summed E-state index contributed by atoms with van der Waals surface area (Å²) in [4.78, 5) is 22.1. The number of carbonyl (C=O) groups is 2. The minimum Gasteiger partial charge on any atom is -0.461 e. The van der Waals surface area contributed by atoms with Crippen molar-refractivity contribution in [3.05, 3.63) is 12.7 Å². The van der Waals surface area contributed by atoms with Gasteiger partial charge in [0, 0.05) is 13.0 Å². The van der Waals surface area contributed by atoms with E-state index in [0.29, 0.717) is 13.0 Å². The second-order valence-electron chi connectivity index (χ2n) is 5.10. The Morgan fingerprint density at radius 2 is 1.57 bits per heavy atom. The number of carbonyl (C=O) groups excluding carboxylic acids is 2. The number of hydrogen-bond acceptors (Lipinski definition) is 4. The van der Waals surface area contributed by atoms with Gasteiger partial charge in [0.25, 0.3) is 0 Å². The monoisotopic (exact) mass is 298 g/mol. The van der Waals surface area contributed by atoms with Gasteiger partial charge in [-0.3, -0.25) is 9.59 Å². The Morgan fingerprint density at radius 1 is 1.00 bits per heavy atom. The third-order valence-corrected chi connectivity index (χ3v) is 3.18. The molecule has 3 N–H and O–H groups in total. The summed E-state index contributed by atoms with van der Waals surface area (Å²) >= 11 is 0. The van der Waals surface area contributed by atoms with E-state index in [-0.39, 0.29) is 18.4 Å². The molecule has 0 aromatic carbocycles. The molecule has 0 aromatic rings. The molecule has 0 unspecified atom stereocenters. The molecule has 21 heavy (non-hydrogen) atoms. The van der Waals surface area contributed by atoms with E-state index in [2.05, 4.69) is 11.9 Å². The predicted molar refractivity (Wildman–Crippen MR) is 84.8 cm³/mol. The van der Waals surface area contributed by atoms with Gasteiger partial charge in [-0.05, 0) is 12.8 Å². The molecule has 0 heterocycles. The molecular weight excluding hydrogens is 268 g/mol. The highest BCUT2D eigenvalue weighted by atomic mass is 16.5. The average molecular weight is 298 g/mol. The van der Waals surface area contributed by atoms with E-state index in [1.54, 1.807) is 6.08 Å². The van der Waals surface area contributed by atoms with Gasteiger partial charge >= 0.3 is 5.97 Å². The van der Waals surface area contributed by atoms with Gasteiger partial charge in [0.2, 0.25) is 5.91 Å². The van der Waals surface area contributed by atoms with Crippen molar-refractivity contribution in [1.29, 1.82) is 0 Å². The van der Waals surface area contributed by atoms with Gasteiger partial charge in [0.1, 0.15) is 6.61 Å². The number of amides is 1. The molecule has 0 aliphatic heterocycles. The Balaban J connectivity index is 3.14. The minimum atomic E-state index is -0.130. The zero-order chi connectivity index (χ0) is 15.8. The normalized spacial score (nSPS) is 10.1. The molecule has 0 bridgehead atoms. The maximum absolute atomic E-state index is 11.2. The molecule has 0 fully saturated rings. The van der Waals surface area contributed by atoms with E-state index >= 15 is 0 Å². The first-order valence-electron chi connectivity index (χ1n) is 7.94. The Labute approximate surface area is 128 Å². The topological polar surface area (TPSA) is 81.4 Å². The SMILES string of the molecule is C=CCOC(=O)CCCCCCCCCCNC(=O)CN. The van der Waals surface area contributed by atoms with E-state index < -0.39 is 0 Å².